The Hall–Kier alpha value is -0.900. The Morgan fingerprint density at radius 3 is 2.80 bits per heavy atom. The number of nitrogens with zero attached hydrogens (tertiary/aromatic N) is 1. The highest BCUT2D eigenvalue weighted by Crippen LogP contribution is 2.20. The van der Waals surface area contributed by atoms with Gasteiger partial charge < -0.3 is 10.1 Å². The molecule has 0 amide bonds. The number of hydrogen-bond donors (Lipinski definition) is 1. The molecule has 1 aromatic carbocycles. The average Bonchev–Trinajstić information content (AvgIpc) is 2.52. The van der Waals surface area contributed by atoms with Gasteiger partial charge in [-0.1, -0.05) is 24.3 Å². The summed E-state index contributed by atoms with van der Waals surface area (Å²) in [6.07, 6.45) is 4.97. The molecule has 0 aromatic heterocycles. The second-order valence-electron chi connectivity index (χ2n) is 5.97. The number of aryl methyl sites for hydroxylation is 1. The molecule has 20 heavy (non-hydrogen) atoms. The summed E-state index contributed by atoms with van der Waals surface area (Å²) in [4.78, 5) is 2.52. The molecular formula is C17H26N2O. The second-order valence-corrected chi connectivity index (χ2v) is 5.97. The van der Waals surface area contributed by atoms with Crippen molar-refractivity contribution in [2.24, 2.45) is 0 Å². The quantitative estimate of drug-likeness (QED) is 0.830. The predicted molar refractivity (Wildman–Crippen MR) is 82.1 cm³/mol. The third-order valence-corrected chi connectivity index (χ3v) is 4.53. The first-order chi connectivity index (χ1) is 9.92. The molecule has 0 radical (unpaired) electrons. The molecule has 1 N–H and O–H groups in total. The third-order valence-electron chi connectivity index (χ3n) is 4.53. The molecule has 3 rings (SSSR count). The van der Waals surface area contributed by atoms with E-state index in [0.29, 0.717) is 6.04 Å². The van der Waals surface area contributed by atoms with E-state index in [1.807, 2.05) is 0 Å². The van der Waals surface area contributed by atoms with Crippen molar-refractivity contribution in [3.8, 4) is 0 Å². The van der Waals surface area contributed by atoms with Gasteiger partial charge in [-0.2, -0.15) is 0 Å². The maximum absolute atomic E-state index is 5.38. The number of morpholine rings is 1. The van der Waals surface area contributed by atoms with Gasteiger partial charge in [-0.25, -0.2) is 0 Å². The van der Waals surface area contributed by atoms with Crippen molar-refractivity contribution in [1.29, 1.82) is 0 Å². The molecule has 2 aliphatic rings. The lowest BCUT2D eigenvalue weighted by Gasteiger charge is -2.28. The van der Waals surface area contributed by atoms with Crippen molar-refractivity contribution in [3.05, 3.63) is 35.4 Å². The molecule has 1 saturated heterocycles. The monoisotopic (exact) mass is 274 g/mol. The van der Waals surface area contributed by atoms with Gasteiger partial charge in [0, 0.05) is 19.1 Å². The lowest BCUT2D eigenvalue weighted by molar-refractivity contribution is 0.0373. The molecular weight excluding hydrogens is 248 g/mol. The molecule has 1 aromatic rings. The van der Waals surface area contributed by atoms with Crippen LogP contribution in [-0.4, -0.2) is 50.3 Å². The topological polar surface area (TPSA) is 24.5 Å². The zero-order valence-corrected chi connectivity index (χ0v) is 12.3. The van der Waals surface area contributed by atoms with Crippen LogP contribution in [-0.2, 0) is 17.6 Å². The fourth-order valence-corrected chi connectivity index (χ4v) is 3.31. The van der Waals surface area contributed by atoms with E-state index in [9.17, 15) is 0 Å². The van der Waals surface area contributed by atoms with Gasteiger partial charge in [0.05, 0.1) is 13.2 Å². The smallest absolute Gasteiger partial charge is 0.0594 e. The van der Waals surface area contributed by atoms with Gasteiger partial charge in [0.15, 0.2) is 0 Å². The van der Waals surface area contributed by atoms with E-state index < -0.39 is 0 Å². The number of fused-ring (bicyclic) bond motifs is 1. The van der Waals surface area contributed by atoms with Gasteiger partial charge in [-0.15, -0.1) is 0 Å². The van der Waals surface area contributed by atoms with Crippen molar-refractivity contribution < 1.29 is 4.74 Å². The normalized spacial score (nSPS) is 23.5. The maximum atomic E-state index is 5.38. The summed E-state index contributed by atoms with van der Waals surface area (Å²) in [5.74, 6) is 0. The molecule has 1 aliphatic carbocycles. The minimum absolute atomic E-state index is 0.676. The number of rotatable bonds is 5. The largest absolute Gasteiger partial charge is 0.379 e. The summed E-state index contributed by atoms with van der Waals surface area (Å²) >= 11 is 0. The van der Waals surface area contributed by atoms with Crippen LogP contribution in [0.5, 0.6) is 0 Å². The number of hydrogen-bond acceptors (Lipinski definition) is 3. The van der Waals surface area contributed by atoms with E-state index in [-0.39, 0.29) is 0 Å². The minimum atomic E-state index is 0.676. The predicted octanol–water partition coefficient (Wildman–Crippen LogP) is 1.86. The van der Waals surface area contributed by atoms with Gasteiger partial charge in [0.25, 0.3) is 0 Å². The molecule has 3 nitrogen and oxygen atoms in total. The van der Waals surface area contributed by atoms with Crippen molar-refractivity contribution in [3.63, 3.8) is 0 Å². The van der Waals surface area contributed by atoms with Crippen LogP contribution in [0.25, 0.3) is 0 Å². The highest BCUT2D eigenvalue weighted by molar-refractivity contribution is 5.30. The first-order valence-electron chi connectivity index (χ1n) is 8.02. The average molecular weight is 274 g/mol. The van der Waals surface area contributed by atoms with Gasteiger partial charge in [-0.05, 0) is 49.9 Å². The lowest BCUT2D eigenvalue weighted by Crippen LogP contribution is -2.39. The van der Waals surface area contributed by atoms with Crippen molar-refractivity contribution in [2.45, 2.75) is 31.7 Å². The second kappa shape index (κ2) is 7.21. The van der Waals surface area contributed by atoms with Crippen LogP contribution < -0.4 is 5.32 Å². The van der Waals surface area contributed by atoms with Crippen LogP contribution in [0, 0.1) is 0 Å². The number of ether oxygens (including phenoxy) is 1. The molecule has 0 unspecified atom stereocenters. The molecule has 1 atom stereocenters. The number of nitrogens with one attached hydrogen (secondary N) is 1. The Balaban J connectivity index is 1.35. The fraction of sp³-hybridized carbons (Fsp3) is 0.647. The standard InChI is InChI=1S/C17H26N2O/c1-2-5-16-14-17(7-6-15(16)4-1)18-8-3-9-19-10-12-20-13-11-19/h1-2,4-5,17-18H,3,6-14H2/t17-/m0/s1. The van der Waals surface area contributed by atoms with Crippen LogP contribution in [0.3, 0.4) is 0 Å². The number of benzene rings is 1. The van der Waals surface area contributed by atoms with Gasteiger partial charge in [0.2, 0.25) is 0 Å². The van der Waals surface area contributed by atoms with Crippen molar-refractivity contribution in [1.82, 2.24) is 10.2 Å². The van der Waals surface area contributed by atoms with E-state index in [4.69, 9.17) is 4.74 Å². The Bertz CT molecular complexity index is 415. The molecule has 1 aliphatic heterocycles. The first-order valence-corrected chi connectivity index (χ1v) is 8.02. The zero-order chi connectivity index (χ0) is 13.6. The lowest BCUT2D eigenvalue weighted by atomic mass is 9.88. The van der Waals surface area contributed by atoms with E-state index in [1.165, 1.54) is 32.2 Å². The van der Waals surface area contributed by atoms with Crippen LogP contribution >= 0.6 is 0 Å². The highest BCUT2D eigenvalue weighted by Gasteiger charge is 2.17. The summed E-state index contributed by atoms with van der Waals surface area (Å²) in [6.45, 7) is 6.39. The Labute approximate surface area is 122 Å². The van der Waals surface area contributed by atoms with E-state index in [1.54, 1.807) is 11.1 Å². The summed E-state index contributed by atoms with van der Waals surface area (Å²) in [6, 6.07) is 9.57. The van der Waals surface area contributed by atoms with E-state index >= 15 is 0 Å². The summed E-state index contributed by atoms with van der Waals surface area (Å²) in [7, 11) is 0. The van der Waals surface area contributed by atoms with Crippen molar-refractivity contribution >= 4 is 0 Å². The summed E-state index contributed by atoms with van der Waals surface area (Å²) in [5.41, 5.74) is 3.10. The molecule has 0 bridgehead atoms. The highest BCUT2D eigenvalue weighted by atomic mass is 16.5. The summed E-state index contributed by atoms with van der Waals surface area (Å²) in [5, 5.41) is 3.74. The fourth-order valence-electron chi connectivity index (χ4n) is 3.31. The van der Waals surface area contributed by atoms with Gasteiger partial charge >= 0.3 is 0 Å². The van der Waals surface area contributed by atoms with E-state index in [0.717, 1.165) is 32.8 Å². The molecule has 110 valence electrons. The van der Waals surface area contributed by atoms with Crippen molar-refractivity contribution in [2.75, 3.05) is 39.4 Å². The van der Waals surface area contributed by atoms with Crippen LogP contribution in [0.1, 0.15) is 24.0 Å². The van der Waals surface area contributed by atoms with E-state index in [2.05, 4.69) is 34.5 Å². The van der Waals surface area contributed by atoms with Gasteiger partial charge in [-0.3, -0.25) is 4.90 Å². The summed E-state index contributed by atoms with van der Waals surface area (Å²) < 4.78 is 5.38. The van der Waals surface area contributed by atoms with Crippen LogP contribution in [0.2, 0.25) is 0 Å². The van der Waals surface area contributed by atoms with Gasteiger partial charge in [0.1, 0.15) is 0 Å². The Morgan fingerprint density at radius 2 is 1.95 bits per heavy atom. The Kier molecular flexibility index (Phi) is 5.06. The molecule has 1 heterocycles. The molecule has 3 heteroatoms. The van der Waals surface area contributed by atoms with Crippen LogP contribution in [0.4, 0.5) is 0 Å². The van der Waals surface area contributed by atoms with Crippen LogP contribution in [0.15, 0.2) is 24.3 Å². The SMILES string of the molecule is c1ccc2c(c1)CC[C@H](NCCCN1CCOCC1)C2. The zero-order valence-electron chi connectivity index (χ0n) is 12.3. The third kappa shape index (κ3) is 3.81. The maximum Gasteiger partial charge on any atom is 0.0594 e. The molecule has 0 spiro atoms. The minimum Gasteiger partial charge on any atom is -0.379 e. The Morgan fingerprint density at radius 1 is 1.15 bits per heavy atom. The first kappa shape index (κ1) is 14.1. The molecule has 1 fully saturated rings. The molecule has 0 saturated carbocycles.